The Bertz CT molecular complexity index is 1110. The second-order valence-electron chi connectivity index (χ2n) is 6.54. The molecule has 6 heteroatoms. The predicted molar refractivity (Wildman–Crippen MR) is 121 cm³/mol. The zero-order valence-corrected chi connectivity index (χ0v) is 17.3. The van der Waals surface area contributed by atoms with E-state index in [1.165, 1.54) is 28.7 Å². The van der Waals surface area contributed by atoms with E-state index in [1.54, 1.807) is 0 Å². The Morgan fingerprint density at radius 3 is 2.38 bits per heavy atom. The maximum absolute atomic E-state index is 12.2. The lowest BCUT2D eigenvalue weighted by molar-refractivity contribution is 0.0693. The third-order valence-corrected chi connectivity index (χ3v) is 6.52. The van der Waals surface area contributed by atoms with Crippen LogP contribution in [0.25, 0.3) is 10.2 Å². The number of carboxylic acid groups (broad SMARTS) is 1. The molecule has 0 saturated carbocycles. The van der Waals surface area contributed by atoms with Crippen LogP contribution < -0.4 is 5.32 Å². The maximum atomic E-state index is 12.2. The molecule has 2 aromatic heterocycles. The first-order valence-corrected chi connectivity index (χ1v) is 11.2. The third kappa shape index (κ3) is 4.60. The number of thioether (sulfide) groups is 1. The van der Waals surface area contributed by atoms with Crippen molar-refractivity contribution in [2.45, 2.75) is 17.2 Å². The lowest BCUT2D eigenvalue weighted by Gasteiger charge is -2.14. The summed E-state index contributed by atoms with van der Waals surface area (Å²) in [4.78, 5) is 16.8. The number of carboxylic acids is 1. The van der Waals surface area contributed by atoms with E-state index in [0.717, 1.165) is 22.2 Å². The van der Waals surface area contributed by atoms with Gasteiger partial charge in [-0.15, -0.1) is 23.1 Å². The molecule has 4 rings (SSSR count). The Hall–Kier alpha value is -2.83. The number of benzene rings is 2. The summed E-state index contributed by atoms with van der Waals surface area (Å²) in [6, 6.07) is 22.1. The summed E-state index contributed by atoms with van der Waals surface area (Å²) in [7, 11) is 0. The third-order valence-electron chi connectivity index (χ3n) is 4.55. The number of anilines is 1. The summed E-state index contributed by atoms with van der Waals surface area (Å²) in [5.74, 6) is -0.279. The highest BCUT2D eigenvalue weighted by molar-refractivity contribution is 7.98. The number of aromatic nitrogens is 1. The molecule has 0 bridgehead atoms. The molecule has 2 aromatic carbocycles. The fourth-order valence-electron chi connectivity index (χ4n) is 3.14. The predicted octanol–water partition coefficient (Wildman–Crippen LogP) is 5.94. The van der Waals surface area contributed by atoms with E-state index in [4.69, 9.17) is 0 Å². The first-order valence-electron chi connectivity index (χ1n) is 9.31. The van der Waals surface area contributed by atoms with Crippen molar-refractivity contribution in [3.63, 3.8) is 0 Å². The quantitative estimate of drug-likeness (QED) is 0.345. The number of carbonyl (C=O) groups is 1. The van der Waals surface area contributed by atoms with E-state index >= 15 is 0 Å². The fraction of sp³-hybridized carbons (Fsp3) is 0.130. The van der Waals surface area contributed by atoms with Crippen LogP contribution in [0.15, 0.2) is 77.1 Å². The Balaban J connectivity index is 1.63. The monoisotopic (exact) mass is 420 g/mol. The normalized spacial score (nSPS) is 10.9. The van der Waals surface area contributed by atoms with Gasteiger partial charge in [-0.1, -0.05) is 60.7 Å². The highest BCUT2D eigenvalue weighted by atomic mass is 32.2. The topological polar surface area (TPSA) is 62.2 Å². The van der Waals surface area contributed by atoms with Gasteiger partial charge in [0, 0.05) is 12.3 Å². The molecule has 0 radical (unpaired) electrons. The van der Waals surface area contributed by atoms with Crippen LogP contribution in [0.4, 0.5) is 5.69 Å². The van der Waals surface area contributed by atoms with Crippen molar-refractivity contribution in [2.75, 3.05) is 11.9 Å². The highest BCUT2D eigenvalue weighted by Gasteiger charge is 2.22. The van der Waals surface area contributed by atoms with Crippen LogP contribution in [-0.2, 0) is 12.2 Å². The average Bonchev–Trinajstić information content (AvgIpc) is 3.22. The summed E-state index contributed by atoms with van der Waals surface area (Å²) >= 11 is 2.98. The summed E-state index contributed by atoms with van der Waals surface area (Å²) in [5.41, 5.74) is 4.11. The second kappa shape index (κ2) is 9.11. The molecule has 4 aromatic rings. The average molecular weight is 421 g/mol. The smallest absolute Gasteiger partial charge is 0.340 e. The van der Waals surface area contributed by atoms with Crippen LogP contribution in [0.1, 0.15) is 21.5 Å². The number of thiophene rings is 1. The Morgan fingerprint density at radius 1 is 1.00 bits per heavy atom. The van der Waals surface area contributed by atoms with Crippen LogP contribution in [-0.4, -0.2) is 22.6 Å². The van der Waals surface area contributed by atoms with Crippen LogP contribution in [0.3, 0.4) is 0 Å². The summed E-state index contributed by atoms with van der Waals surface area (Å²) < 4.78 is 0.888. The van der Waals surface area contributed by atoms with Crippen molar-refractivity contribution >= 4 is 45.0 Å². The summed E-state index contributed by atoms with van der Waals surface area (Å²) in [6.07, 6.45) is 0.821. The number of hydrogen-bond donors (Lipinski definition) is 2. The van der Waals surface area contributed by atoms with Gasteiger partial charge < -0.3 is 10.4 Å². The molecule has 2 N–H and O–H groups in total. The Morgan fingerprint density at radius 2 is 1.69 bits per heavy atom. The van der Waals surface area contributed by atoms with Gasteiger partial charge in [0.15, 0.2) is 0 Å². The van der Waals surface area contributed by atoms with Crippen molar-refractivity contribution in [1.82, 2.24) is 4.98 Å². The van der Waals surface area contributed by atoms with Gasteiger partial charge in [0.05, 0.1) is 15.9 Å². The standard InChI is InChI=1S/C23H20N2O2S2/c26-23(27)19-20(24-13-11-16-7-3-1-4-8-16)21-18(12-14-28-21)25-22(19)29-15-17-9-5-2-6-10-17/h1-10,12,14H,11,13,15H2,(H,24,25)(H,26,27). The lowest BCUT2D eigenvalue weighted by atomic mass is 10.1. The number of fused-ring (bicyclic) bond motifs is 1. The Labute approximate surface area is 177 Å². The van der Waals surface area contributed by atoms with Gasteiger partial charge in [-0.3, -0.25) is 0 Å². The van der Waals surface area contributed by atoms with E-state index in [9.17, 15) is 9.90 Å². The van der Waals surface area contributed by atoms with Gasteiger partial charge in [0.1, 0.15) is 10.6 Å². The number of hydrogen-bond acceptors (Lipinski definition) is 5. The first-order chi connectivity index (χ1) is 14.2. The molecular weight excluding hydrogens is 400 g/mol. The van der Waals surface area contributed by atoms with Gasteiger partial charge in [0.25, 0.3) is 0 Å². The SMILES string of the molecule is O=C(O)c1c(SCc2ccccc2)nc2ccsc2c1NCCc1ccccc1. The minimum atomic E-state index is -0.953. The zero-order chi connectivity index (χ0) is 20.1. The number of rotatable bonds is 8. The molecule has 146 valence electrons. The van der Waals surface area contributed by atoms with Crippen molar-refractivity contribution in [3.05, 3.63) is 88.8 Å². The number of pyridine rings is 1. The molecule has 0 aliphatic rings. The van der Waals surface area contributed by atoms with Crippen molar-refractivity contribution in [2.24, 2.45) is 0 Å². The van der Waals surface area contributed by atoms with Crippen LogP contribution in [0, 0.1) is 0 Å². The minimum Gasteiger partial charge on any atom is -0.478 e. The minimum absolute atomic E-state index is 0.258. The van der Waals surface area contributed by atoms with E-state index in [-0.39, 0.29) is 5.56 Å². The van der Waals surface area contributed by atoms with Gasteiger partial charge in [-0.05, 0) is 29.0 Å². The molecule has 0 fully saturated rings. The van der Waals surface area contributed by atoms with E-state index < -0.39 is 5.97 Å². The molecule has 0 atom stereocenters. The molecule has 0 unspecified atom stereocenters. The number of nitrogens with one attached hydrogen (secondary N) is 1. The zero-order valence-electron chi connectivity index (χ0n) is 15.7. The van der Waals surface area contributed by atoms with Crippen molar-refractivity contribution in [1.29, 1.82) is 0 Å². The van der Waals surface area contributed by atoms with E-state index in [0.29, 0.717) is 23.0 Å². The van der Waals surface area contributed by atoms with Gasteiger partial charge in [0.2, 0.25) is 0 Å². The molecule has 0 aliphatic carbocycles. The summed E-state index contributed by atoms with van der Waals surface area (Å²) in [5, 5.41) is 15.9. The van der Waals surface area contributed by atoms with Crippen LogP contribution in [0.2, 0.25) is 0 Å². The molecule has 0 aliphatic heterocycles. The Kier molecular flexibility index (Phi) is 6.12. The molecule has 29 heavy (non-hydrogen) atoms. The molecule has 0 saturated heterocycles. The van der Waals surface area contributed by atoms with Crippen molar-refractivity contribution in [3.8, 4) is 0 Å². The van der Waals surface area contributed by atoms with Gasteiger partial charge in [-0.25, -0.2) is 9.78 Å². The van der Waals surface area contributed by atoms with Crippen LogP contribution in [0.5, 0.6) is 0 Å². The second-order valence-corrected chi connectivity index (χ2v) is 8.42. The van der Waals surface area contributed by atoms with Gasteiger partial charge >= 0.3 is 5.97 Å². The summed E-state index contributed by atoms with van der Waals surface area (Å²) in [6.45, 7) is 0.657. The molecular formula is C23H20N2O2S2. The largest absolute Gasteiger partial charge is 0.478 e. The number of nitrogens with zero attached hydrogens (tertiary/aromatic N) is 1. The molecule has 0 amide bonds. The fourth-order valence-corrected chi connectivity index (χ4v) is 4.99. The molecule has 0 spiro atoms. The highest BCUT2D eigenvalue weighted by Crippen LogP contribution is 2.37. The number of aromatic carboxylic acids is 1. The lowest BCUT2D eigenvalue weighted by Crippen LogP contribution is -2.12. The van der Waals surface area contributed by atoms with Crippen molar-refractivity contribution < 1.29 is 9.90 Å². The maximum Gasteiger partial charge on any atom is 0.340 e. The van der Waals surface area contributed by atoms with Crippen LogP contribution >= 0.6 is 23.1 Å². The first kappa shape index (κ1) is 19.5. The molecule has 2 heterocycles. The molecule has 4 nitrogen and oxygen atoms in total. The van der Waals surface area contributed by atoms with E-state index in [2.05, 4.69) is 22.4 Å². The van der Waals surface area contributed by atoms with Gasteiger partial charge in [-0.2, -0.15) is 0 Å². The van der Waals surface area contributed by atoms with E-state index in [1.807, 2.05) is 60.0 Å².